The molecule has 0 aliphatic carbocycles. The summed E-state index contributed by atoms with van der Waals surface area (Å²) in [6, 6.07) is -0.217. The first-order chi connectivity index (χ1) is 8.73. The number of hydrogen-bond donors (Lipinski definition) is 1. The molecule has 0 rings (SSSR count). The topological polar surface area (TPSA) is 40.5 Å². The van der Waals surface area contributed by atoms with Gasteiger partial charge in [-0.15, -0.1) is 0 Å². The molecular formula is C18H40NO2SY-. The van der Waals surface area contributed by atoms with Crippen molar-refractivity contribution in [3.63, 3.8) is 0 Å². The monoisotopic (exact) mass is 423 g/mol. The quantitative estimate of drug-likeness (QED) is 0.598. The fourth-order valence-electron chi connectivity index (χ4n) is 2.03. The van der Waals surface area contributed by atoms with Crippen molar-refractivity contribution in [1.29, 1.82) is 0 Å². The van der Waals surface area contributed by atoms with E-state index in [-0.39, 0.29) is 84.7 Å². The van der Waals surface area contributed by atoms with Crippen LogP contribution in [0.4, 0.5) is 0 Å². The van der Waals surface area contributed by atoms with Crippen molar-refractivity contribution in [2.45, 2.75) is 74.1 Å². The summed E-state index contributed by atoms with van der Waals surface area (Å²) < 4.78 is 0. The average Bonchev–Trinajstić information content (AvgIpc) is 2.35. The van der Waals surface area contributed by atoms with Gasteiger partial charge >= 0.3 is 0 Å². The van der Waals surface area contributed by atoms with Gasteiger partial charge in [0.25, 0.3) is 0 Å². The Bertz CT molecular complexity index is 309. The molecule has 0 saturated carbocycles. The molecule has 0 aliphatic rings. The van der Waals surface area contributed by atoms with Gasteiger partial charge in [-0.3, -0.25) is 9.69 Å². The van der Waals surface area contributed by atoms with Gasteiger partial charge in [0.1, 0.15) is 0 Å². The molecule has 0 fully saturated rings. The van der Waals surface area contributed by atoms with E-state index in [9.17, 15) is 9.90 Å². The molecule has 0 unspecified atom stereocenters. The third kappa shape index (κ3) is 11.8. The molecule has 1 N–H and O–H groups in total. The van der Waals surface area contributed by atoms with Crippen molar-refractivity contribution in [2.24, 2.45) is 11.8 Å². The number of aliphatic hydroxyl groups excluding tert-OH is 1. The molecule has 0 aromatic rings. The van der Waals surface area contributed by atoms with Crippen LogP contribution < -0.4 is 0 Å². The summed E-state index contributed by atoms with van der Waals surface area (Å²) in [5.41, 5.74) is 0. The van der Waals surface area contributed by atoms with Crippen LogP contribution in [-0.2, 0) is 37.5 Å². The number of ketones is 1. The Balaban J connectivity index is -0.000000270. The van der Waals surface area contributed by atoms with Crippen LogP contribution in [0, 0.1) is 18.8 Å². The predicted octanol–water partition coefficient (Wildman–Crippen LogP) is 4.08. The van der Waals surface area contributed by atoms with Gasteiger partial charge in [-0.25, -0.2) is 19.1 Å². The Morgan fingerprint density at radius 2 is 1.61 bits per heavy atom. The van der Waals surface area contributed by atoms with Gasteiger partial charge in [0, 0.05) is 44.7 Å². The Hall–Kier alpha value is 0.654. The van der Waals surface area contributed by atoms with E-state index in [4.69, 9.17) is 0 Å². The minimum absolute atomic E-state index is 0. The van der Waals surface area contributed by atoms with Crippen molar-refractivity contribution in [3.05, 3.63) is 19.1 Å². The zero-order chi connectivity index (χ0) is 15.2. The van der Waals surface area contributed by atoms with Crippen LogP contribution >= 0.6 is 13.5 Å². The molecule has 0 spiro atoms. The molecule has 0 aliphatic heterocycles. The molecule has 0 aromatic heterocycles. The summed E-state index contributed by atoms with van der Waals surface area (Å²) in [5, 5.41) is 10.5. The maximum atomic E-state index is 12.4. The molecule has 0 saturated heterocycles. The number of hydrogen-bond acceptors (Lipinski definition) is 3. The number of nitrogens with zero attached hydrogens (tertiary/aromatic N) is 1. The summed E-state index contributed by atoms with van der Waals surface area (Å²) in [6.45, 7) is 13.5. The van der Waals surface area contributed by atoms with Crippen molar-refractivity contribution < 1.29 is 42.6 Å². The molecule has 0 amide bonds. The van der Waals surface area contributed by atoms with Crippen LogP contribution in [0.2, 0.25) is 0 Å². The number of allylic oxidation sites excluding steroid dienone is 2. The number of aliphatic hydroxyl groups is 1. The summed E-state index contributed by atoms with van der Waals surface area (Å²) in [7, 11) is 1.91. The van der Waals surface area contributed by atoms with Gasteiger partial charge in [0.05, 0.1) is 12.1 Å². The van der Waals surface area contributed by atoms with Gasteiger partial charge in [-0.05, 0) is 26.8 Å². The molecule has 139 valence electrons. The van der Waals surface area contributed by atoms with Crippen LogP contribution in [-0.4, -0.2) is 41.0 Å². The molecule has 1 radical (unpaired) electrons. The van der Waals surface area contributed by atoms with E-state index in [0.717, 1.165) is 6.42 Å². The van der Waals surface area contributed by atoms with Gasteiger partial charge in [0.2, 0.25) is 0 Å². The van der Waals surface area contributed by atoms with Crippen LogP contribution in [0.3, 0.4) is 0 Å². The van der Waals surface area contributed by atoms with Crippen molar-refractivity contribution in [1.82, 2.24) is 4.90 Å². The second kappa shape index (κ2) is 17.5. The smallest absolute Gasteiger partial charge is 0.155 e. The molecule has 0 heterocycles. The van der Waals surface area contributed by atoms with Crippen LogP contribution in [0.25, 0.3) is 0 Å². The molecular weight excluding hydrogens is 383 g/mol. The predicted molar refractivity (Wildman–Crippen MR) is 105 cm³/mol. The Morgan fingerprint density at radius 3 is 1.91 bits per heavy atom. The molecule has 3 nitrogen and oxygen atoms in total. The van der Waals surface area contributed by atoms with E-state index in [1.807, 2.05) is 52.6 Å². The Kier molecular flexibility index (Phi) is 26.5. The first-order valence-electron chi connectivity index (χ1n) is 7.11. The first-order valence-corrected chi connectivity index (χ1v) is 7.11. The zero-order valence-corrected chi connectivity index (χ0v) is 18.2. The van der Waals surface area contributed by atoms with Gasteiger partial charge in [0.15, 0.2) is 5.78 Å². The standard InChI is InChI=1S/C16H30NO2.2CH4.H2S.Y/c1-8-9-10-13(6)16(19)14(15(18)11(2)3)17(7)12(4)5;;;;/h8-9,11-14,16,19H,1,10H2,2-7H3;2*1H4;1H2;/q-1;;;;/b9-8+;;;;/t13-,14-,16-;;;;/m1..../s1. The average molecular weight is 423 g/mol. The Morgan fingerprint density at radius 1 is 1.17 bits per heavy atom. The van der Waals surface area contributed by atoms with Crippen LogP contribution in [0.5, 0.6) is 0 Å². The van der Waals surface area contributed by atoms with E-state index < -0.39 is 12.1 Å². The molecule has 23 heavy (non-hydrogen) atoms. The van der Waals surface area contributed by atoms with Crippen molar-refractivity contribution in [2.75, 3.05) is 7.05 Å². The summed E-state index contributed by atoms with van der Waals surface area (Å²) >= 11 is 0. The molecule has 5 heteroatoms. The van der Waals surface area contributed by atoms with Gasteiger partial charge < -0.3 is 5.11 Å². The third-order valence-corrected chi connectivity index (χ3v) is 3.69. The maximum Gasteiger partial charge on any atom is 0.155 e. The zero-order valence-electron chi connectivity index (χ0n) is 14.3. The SMILES string of the molecule is C.C.S.[CH2-]/C=C/C[C@@H](C)[C@@H](O)[C@@H](C(=O)C(C)C)N(C)C(C)C.[Y]. The number of carbonyl (C=O) groups excluding carboxylic acids is 1. The molecule has 0 bridgehead atoms. The second-order valence-corrected chi connectivity index (χ2v) is 5.94. The normalized spacial score (nSPS) is 14.3. The molecule has 3 atom stereocenters. The van der Waals surface area contributed by atoms with E-state index in [1.54, 1.807) is 6.08 Å². The summed E-state index contributed by atoms with van der Waals surface area (Å²) in [6.07, 6.45) is 3.74. The first kappa shape index (κ1) is 34.9. The maximum absolute atomic E-state index is 12.4. The number of likely N-dealkylation sites (N-methyl/N-ethyl adjacent to an activating group) is 1. The van der Waals surface area contributed by atoms with E-state index >= 15 is 0 Å². The minimum Gasteiger partial charge on any atom is -0.391 e. The summed E-state index contributed by atoms with van der Waals surface area (Å²) in [4.78, 5) is 14.3. The fraction of sp³-hybridized carbons (Fsp3) is 0.778. The van der Waals surface area contributed by atoms with E-state index in [0.29, 0.717) is 0 Å². The number of carbonyl (C=O) groups is 1. The van der Waals surface area contributed by atoms with E-state index in [2.05, 4.69) is 6.92 Å². The summed E-state index contributed by atoms with van der Waals surface area (Å²) in [5.74, 6) is 0.0671. The third-order valence-electron chi connectivity index (χ3n) is 3.69. The van der Waals surface area contributed by atoms with Crippen LogP contribution in [0.1, 0.15) is 55.9 Å². The minimum atomic E-state index is -0.654. The van der Waals surface area contributed by atoms with Crippen molar-refractivity contribution in [3.8, 4) is 0 Å². The van der Waals surface area contributed by atoms with Gasteiger partial charge in [-0.1, -0.05) is 42.0 Å². The fourth-order valence-corrected chi connectivity index (χ4v) is 2.03. The van der Waals surface area contributed by atoms with E-state index in [1.165, 1.54) is 0 Å². The van der Waals surface area contributed by atoms with Gasteiger partial charge in [-0.2, -0.15) is 13.5 Å². The number of rotatable bonds is 8. The largest absolute Gasteiger partial charge is 0.391 e. The van der Waals surface area contributed by atoms with Crippen LogP contribution in [0.15, 0.2) is 12.2 Å². The Labute approximate surface area is 178 Å². The second-order valence-electron chi connectivity index (χ2n) is 5.94. The molecule has 0 aromatic carbocycles. The number of Topliss-reactive ketones (excluding diaryl/α,β-unsaturated/α-hetero) is 1. The van der Waals surface area contributed by atoms with Crippen molar-refractivity contribution >= 4 is 19.3 Å².